The van der Waals surface area contributed by atoms with Crippen LogP contribution >= 0.6 is 0 Å². The number of nitrogens with one attached hydrogen (secondary N) is 1. The largest absolute Gasteiger partial charge is 0.494 e. The van der Waals surface area contributed by atoms with E-state index in [0.717, 1.165) is 48.5 Å². The monoisotopic (exact) mass is 501 g/mol. The van der Waals surface area contributed by atoms with Crippen LogP contribution in [0.25, 0.3) is 0 Å². The number of ether oxygens (including phenoxy) is 1. The predicted octanol–water partition coefficient (Wildman–Crippen LogP) is -7.83. The number of anilines is 1. The molecule has 38 heavy (non-hydrogen) atoms. The first-order valence-electron chi connectivity index (χ1n) is 14.3. The molecule has 0 unspecified atom stereocenters. The Morgan fingerprint density at radius 1 is 0.842 bits per heavy atom. The van der Waals surface area contributed by atoms with Gasteiger partial charge in [0.1, 0.15) is 45.0 Å². The van der Waals surface area contributed by atoms with Gasteiger partial charge < -0.3 is 10.1 Å². The van der Waals surface area contributed by atoms with Crippen molar-refractivity contribution in [2.75, 3.05) is 11.9 Å². The molecule has 2 aromatic rings. The van der Waals surface area contributed by atoms with Crippen molar-refractivity contribution < 1.29 is 9.53 Å². The van der Waals surface area contributed by atoms with Crippen molar-refractivity contribution in [2.45, 2.75) is 63.6 Å². The number of tetrazole rings is 1. The maximum Gasteiger partial charge on any atom is 0.224 e. The molecule has 1 amide bonds. The van der Waals surface area contributed by atoms with Crippen molar-refractivity contribution >= 4 is 97.9 Å². The van der Waals surface area contributed by atoms with Crippen LogP contribution < -0.4 is 10.1 Å². The van der Waals surface area contributed by atoms with Gasteiger partial charge >= 0.3 is 0 Å². The van der Waals surface area contributed by atoms with Crippen molar-refractivity contribution in [3.63, 3.8) is 0 Å². The van der Waals surface area contributed by atoms with Crippen molar-refractivity contribution in [3.05, 3.63) is 29.6 Å². The Morgan fingerprint density at radius 3 is 2.08 bits per heavy atom. The highest BCUT2D eigenvalue weighted by Gasteiger charge is 2.72. The Balaban J connectivity index is 1.49. The molecule has 4 rings (SSSR count). The highest BCUT2D eigenvalue weighted by atomic mass is 16.5. The van der Waals surface area contributed by atoms with Crippen molar-refractivity contribution in [1.82, 2.24) is 20.2 Å². The molecule has 188 valence electrons. The number of hydrogen-bond acceptors (Lipinski definition) is 5. The van der Waals surface area contributed by atoms with Crippen LogP contribution in [0.15, 0.2) is 18.2 Å². The third-order valence-electron chi connectivity index (χ3n) is 12.7. The quantitative estimate of drug-likeness (QED) is 0.303. The highest BCUT2D eigenvalue weighted by Crippen LogP contribution is 2.82. The molecule has 0 spiro atoms. The van der Waals surface area contributed by atoms with E-state index < -0.39 is 0 Å². The molecule has 1 fully saturated rings. The van der Waals surface area contributed by atoms with Gasteiger partial charge in [-0.25, -0.2) is 4.68 Å². The molecule has 0 atom stereocenters. The van der Waals surface area contributed by atoms with Gasteiger partial charge in [-0.1, -0.05) is 10.4 Å². The van der Waals surface area contributed by atoms with E-state index >= 15 is 0 Å². The normalized spacial score (nSPS) is 23.5. The zero-order valence-corrected chi connectivity index (χ0v) is 25.6. The number of carbonyl (C=O) groups is 1. The van der Waals surface area contributed by atoms with Crippen LogP contribution in [0.4, 0.5) is 5.69 Å². The summed E-state index contributed by atoms with van der Waals surface area (Å²) in [5.74, 6) is 1.89. The first-order valence-corrected chi connectivity index (χ1v) is 14.3. The molecule has 1 aromatic carbocycles. The molecule has 18 heteroatoms. The average molecular weight is 499 g/mol. The summed E-state index contributed by atoms with van der Waals surface area (Å²) in [6.07, 6.45) is 3.95. The fourth-order valence-corrected chi connectivity index (χ4v) is 7.61. The Morgan fingerprint density at radius 2 is 1.45 bits per heavy atom. The van der Waals surface area contributed by atoms with Gasteiger partial charge in [-0.05, 0) is 53.5 Å². The van der Waals surface area contributed by atoms with Gasteiger partial charge in [0, 0.05) is 24.0 Å². The molecule has 2 heterocycles. The lowest BCUT2D eigenvalue weighted by Crippen LogP contribution is -2.73. The van der Waals surface area contributed by atoms with E-state index in [1.54, 1.807) is 0 Å². The smallest absolute Gasteiger partial charge is 0.224 e. The predicted molar refractivity (Wildman–Crippen MR) is 185 cm³/mol. The van der Waals surface area contributed by atoms with Gasteiger partial charge in [0.05, 0.1) is 53.7 Å². The van der Waals surface area contributed by atoms with E-state index in [1.165, 1.54) is 0 Å². The second-order valence-corrected chi connectivity index (χ2v) is 14.4. The van der Waals surface area contributed by atoms with Gasteiger partial charge in [0.25, 0.3) is 0 Å². The molecular formula is C20H38B11N5O2. The standard InChI is InChI=1S/C20H38B11N5O2/c21-15(22)16(23,24)18(27,28)20(31,19(29,30)17(15,25)26)36-13(33-34-35-36)3-1-2-8-38-11-5-6-12-10(9-11)4-7-14(37)32-12/h5-6,9H,1-4,7-8,21-31H2,(H,32,37). The number of aromatic nitrogens is 4. The Bertz CT molecular complexity index is 1200. The molecule has 2 aliphatic rings. The number of benzene rings is 1. The summed E-state index contributed by atoms with van der Waals surface area (Å²) in [6, 6.07) is 5.92. The van der Waals surface area contributed by atoms with Gasteiger partial charge in [-0.15, -0.1) is 20.7 Å². The first kappa shape index (κ1) is 29.3. The van der Waals surface area contributed by atoms with Crippen molar-refractivity contribution in [3.8, 4) is 5.75 Å². The number of amides is 1. The van der Waals surface area contributed by atoms with Crippen LogP contribution in [0.3, 0.4) is 0 Å². The SMILES string of the molecule is BC1(B)C(B)(B)C(B)(B)C(B)(n2nnnc2CCCCOc2ccc3c(c2)CCC(=O)N3)C(B)(B)C1(B)B. The second-order valence-electron chi connectivity index (χ2n) is 14.4. The summed E-state index contributed by atoms with van der Waals surface area (Å²) in [4.78, 5) is 11.6. The number of unbranched alkanes of at least 4 members (excludes halogenated alkanes) is 1. The van der Waals surface area contributed by atoms with Crippen LogP contribution in [0.5, 0.6) is 5.75 Å². The number of carbonyl (C=O) groups excluding carboxylic acids is 1. The molecule has 1 saturated carbocycles. The van der Waals surface area contributed by atoms with E-state index in [2.05, 4.69) is 112 Å². The summed E-state index contributed by atoms with van der Waals surface area (Å²) in [5.41, 5.74) is 1.73. The minimum Gasteiger partial charge on any atom is -0.494 e. The first-order chi connectivity index (χ1) is 17.4. The maximum atomic E-state index is 11.6. The van der Waals surface area contributed by atoms with Crippen LogP contribution in [0.1, 0.15) is 30.7 Å². The Labute approximate surface area is 238 Å². The van der Waals surface area contributed by atoms with Crippen LogP contribution in [-0.2, 0) is 23.1 Å². The van der Waals surface area contributed by atoms with Crippen molar-refractivity contribution in [2.24, 2.45) is 0 Å². The van der Waals surface area contributed by atoms with E-state index in [4.69, 9.17) is 4.74 Å². The summed E-state index contributed by atoms with van der Waals surface area (Å²) in [7, 11) is 26.6. The lowest BCUT2D eigenvalue weighted by atomic mass is 8.97. The molecule has 1 aliphatic heterocycles. The Kier molecular flexibility index (Phi) is 7.26. The summed E-state index contributed by atoms with van der Waals surface area (Å²) >= 11 is 0. The summed E-state index contributed by atoms with van der Waals surface area (Å²) in [5, 5.41) is 16.3. The zero-order valence-electron chi connectivity index (χ0n) is 25.6. The lowest BCUT2D eigenvalue weighted by molar-refractivity contribution is -0.116. The molecule has 0 radical (unpaired) electrons. The molecule has 1 aliphatic carbocycles. The number of aryl methyl sites for hydroxylation is 2. The molecule has 0 bridgehead atoms. The average Bonchev–Trinajstić information content (AvgIpc) is 3.30. The number of rotatable bonds is 7. The topological polar surface area (TPSA) is 81.9 Å². The van der Waals surface area contributed by atoms with Gasteiger partial charge in [-0.2, -0.15) is 0 Å². The van der Waals surface area contributed by atoms with Gasteiger partial charge in [0.15, 0.2) is 5.82 Å². The fourth-order valence-electron chi connectivity index (χ4n) is 7.61. The van der Waals surface area contributed by atoms with E-state index in [0.29, 0.717) is 13.0 Å². The second kappa shape index (κ2) is 9.43. The molecule has 7 nitrogen and oxygen atoms in total. The number of fused-ring (bicyclic) bond motifs is 1. The minimum absolute atomic E-state index is 0.0164. The Hall–Kier alpha value is -1.73. The third-order valence-corrected chi connectivity index (χ3v) is 12.7. The summed E-state index contributed by atoms with van der Waals surface area (Å²) < 4.78 is 8.23. The third kappa shape index (κ3) is 3.93. The molecule has 0 saturated heterocycles. The van der Waals surface area contributed by atoms with Crippen LogP contribution in [0, 0.1) is 0 Å². The minimum atomic E-state index is -0.309. The molecular weight excluding hydrogens is 461 g/mol. The lowest BCUT2D eigenvalue weighted by Gasteiger charge is -2.79. The van der Waals surface area contributed by atoms with Crippen molar-refractivity contribution in [1.29, 1.82) is 0 Å². The highest BCUT2D eigenvalue weighted by molar-refractivity contribution is 6.72. The number of nitrogens with zero attached hydrogens (tertiary/aromatic N) is 4. The van der Waals surface area contributed by atoms with Crippen LogP contribution in [-0.4, -0.2) is 119 Å². The molecule has 1 N–H and O–H groups in total. The maximum absolute atomic E-state index is 11.6. The van der Waals surface area contributed by atoms with E-state index in [9.17, 15) is 4.79 Å². The van der Waals surface area contributed by atoms with Gasteiger partial charge in [0.2, 0.25) is 5.91 Å². The number of hydrogen-bond donors (Lipinski definition) is 1. The fraction of sp³-hybridized carbons (Fsp3) is 0.600. The van der Waals surface area contributed by atoms with Gasteiger partial charge in [-0.3, -0.25) is 4.79 Å². The van der Waals surface area contributed by atoms with E-state index in [1.807, 2.05) is 18.2 Å². The van der Waals surface area contributed by atoms with Crippen LogP contribution in [0.2, 0.25) is 26.1 Å². The molecule has 1 aromatic heterocycles. The zero-order chi connectivity index (χ0) is 28.4. The van der Waals surface area contributed by atoms with E-state index in [-0.39, 0.29) is 37.4 Å². The summed E-state index contributed by atoms with van der Waals surface area (Å²) in [6.45, 7) is 0.634.